The molecule has 2 aromatic carbocycles. The highest BCUT2D eigenvalue weighted by Crippen LogP contribution is 2.20. The fourth-order valence-electron chi connectivity index (χ4n) is 2.78. The van der Waals surface area contributed by atoms with Gasteiger partial charge < -0.3 is 15.0 Å². The molecular weight excluding hydrogens is 360 g/mol. The van der Waals surface area contributed by atoms with Crippen LogP contribution in [0.1, 0.15) is 5.56 Å². The summed E-state index contributed by atoms with van der Waals surface area (Å²) in [6, 6.07) is 14.9. The lowest BCUT2D eigenvalue weighted by Crippen LogP contribution is -2.36. The first-order valence-electron chi connectivity index (χ1n) is 8.67. The van der Waals surface area contributed by atoms with Crippen LogP contribution in [0.5, 0.6) is 0 Å². The van der Waals surface area contributed by atoms with Crippen LogP contribution < -0.4 is 10.2 Å². The number of benzene rings is 2. The zero-order valence-corrected chi connectivity index (χ0v) is 15.0. The van der Waals surface area contributed by atoms with Gasteiger partial charge in [0.2, 0.25) is 0 Å². The highest BCUT2D eigenvalue weighted by molar-refractivity contribution is 6.09. The Morgan fingerprint density at radius 3 is 2.36 bits per heavy atom. The van der Waals surface area contributed by atoms with Gasteiger partial charge in [0.05, 0.1) is 18.1 Å². The summed E-state index contributed by atoms with van der Waals surface area (Å²) in [4.78, 5) is 24.8. The summed E-state index contributed by atoms with van der Waals surface area (Å²) >= 11 is 0. The molecule has 1 aliphatic rings. The van der Waals surface area contributed by atoms with E-state index in [0.717, 1.165) is 18.8 Å². The number of morpholine rings is 1. The average molecular weight is 378 g/mol. The molecule has 1 heterocycles. The van der Waals surface area contributed by atoms with E-state index in [1.165, 1.54) is 30.3 Å². The highest BCUT2D eigenvalue weighted by Gasteiger charge is 2.13. The highest BCUT2D eigenvalue weighted by atomic mass is 16.6. The number of nitrogens with one attached hydrogen (secondary N) is 1. The van der Waals surface area contributed by atoms with Crippen molar-refractivity contribution in [3.63, 3.8) is 0 Å². The van der Waals surface area contributed by atoms with E-state index in [1.807, 2.05) is 18.2 Å². The minimum Gasteiger partial charge on any atom is -0.378 e. The molecule has 1 fully saturated rings. The standard InChI is InChI=1S/C20H18N4O4/c21-14-16(13-15-1-5-19(6-2-15)24(26)27)20(25)22-17-3-7-18(8-4-17)23-9-11-28-12-10-23/h1-8,13H,9-12H2,(H,22,25)/b16-13+. The largest absolute Gasteiger partial charge is 0.378 e. The lowest BCUT2D eigenvalue weighted by atomic mass is 10.1. The van der Waals surface area contributed by atoms with Crippen LogP contribution in [-0.4, -0.2) is 37.1 Å². The Morgan fingerprint density at radius 2 is 1.79 bits per heavy atom. The zero-order chi connectivity index (χ0) is 19.9. The Bertz CT molecular complexity index is 924. The van der Waals surface area contributed by atoms with Crippen molar-refractivity contribution in [1.82, 2.24) is 0 Å². The number of rotatable bonds is 5. The summed E-state index contributed by atoms with van der Waals surface area (Å²) in [6.45, 7) is 3.03. The van der Waals surface area contributed by atoms with Gasteiger partial charge in [-0.1, -0.05) is 0 Å². The van der Waals surface area contributed by atoms with Crippen molar-refractivity contribution in [2.24, 2.45) is 0 Å². The molecule has 0 unspecified atom stereocenters. The maximum Gasteiger partial charge on any atom is 0.269 e. The van der Waals surface area contributed by atoms with E-state index >= 15 is 0 Å². The molecule has 0 saturated carbocycles. The van der Waals surface area contributed by atoms with Crippen molar-refractivity contribution in [2.75, 3.05) is 36.5 Å². The van der Waals surface area contributed by atoms with Gasteiger partial charge in [0.1, 0.15) is 11.6 Å². The maximum absolute atomic E-state index is 12.4. The number of nitro benzene ring substituents is 1. The van der Waals surface area contributed by atoms with Gasteiger partial charge in [-0.3, -0.25) is 14.9 Å². The van der Waals surface area contributed by atoms with Crippen molar-refractivity contribution >= 4 is 29.0 Å². The molecule has 28 heavy (non-hydrogen) atoms. The summed E-state index contributed by atoms with van der Waals surface area (Å²) in [6.07, 6.45) is 1.39. The smallest absolute Gasteiger partial charge is 0.269 e. The van der Waals surface area contributed by atoms with Gasteiger partial charge >= 0.3 is 0 Å². The fourth-order valence-corrected chi connectivity index (χ4v) is 2.78. The molecule has 1 saturated heterocycles. The summed E-state index contributed by atoms with van der Waals surface area (Å²) < 4.78 is 5.33. The third kappa shape index (κ3) is 4.72. The molecule has 0 atom stereocenters. The van der Waals surface area contributed by atoms with Crippen molar-refractivity contribution in [3.8, 4) is 6.07 Å². The third-order valence-corrected chi connectivity index (χ3v) is 4.28. The van der Waals surface area contributed by atoms with Crippen LogP contribution in [0.25, 0.3) is 6.08 Å². The van der Waals surface area contributed by atoms with Gasteiger partial charge in [0.25, 0.3) is 11.6 Å². The van der Waals surface area contributed by atoms with E-state index in [0.29, 0.717) is 24.5 Å². The summed E-state index contributed by atoms with van der Waals surface area (Å²) in [7, 11) is 0. The van der Waals surface area contributed by atoms with Gasteiger partial charge in [-0.15, -0.1) is 0 Å². The molecule has 0 bridgehead atoms. The third-order valence-electron chi connectivity index (χ3n) is 4.28. The van der Waals surface area contributed by atoms with Crippen LogP contribution in [0.3, 0.4) is 0 Å². The van der Waals surface area contributed by atoms with Crippen LogP contribution in [0, 0.1) is 21.4 Å². The molecule has 142 valence electrons. The number of nitro groups is 1. The van der Waals surface area contributed by atoms with E-state index in [2.05, 4.69) is 10.2 Å². The molecule has 8 heteroatoms. The van der Waals surface area contributed by atoms with E-state index in [1.54, 1.807) is 12.1 Å². The summed E-state index contributed by atoms with van der Waals surface area (Å²) in [5, 5.41) is 22.7. The molecule has 0 radical (unpaired) electrons. The van der Waals surface area contributed by atoms with Crippen LogP contribution in [0.15, 0.2) is 54.1 Å². The Labute approximate surface area is 161 Å². The van der Waals surface area contributed by atoms with E-state index < -0.39 is 10.8 Å². The van der Waals surface area contributed by atoms with Gasteiger partial charge in [0, 0.05) is 36.6 Å². The number of non-ortho nitro benzene ring substituents is 1. The van der Waals surface area contributed by atoms with Crippen molar-refractivity contribution in [2.45, 2.75) is 0 Å². The number of carbonyl (C=O) groups is 1. The van der Waals surface area contributed by atoms with Gasteiger partial charge in [0.15, 0.2) is 0 Å². The fraction of sp³-hybridized carbons (Fsp3) is 0.200. The molecule has 0 spiro atoms. The lowest BCUT2D eigenvalue weighted by Gasteiger charge is -2.28. The Hall–Kier alpha value is -3.70. The average Bonchev–Trinajstić information content (AvgIpc) is 2.73. The first kappa shape index (κ1) is 19.1. The number of hydrogen-bond acceptors (Lipinski definition) is 6. The maximum atomic E-state index is 12.4. The monoisotopic (exact) mass is 378 g/mol. The van der Waals surface area contributed by atoms with Crippen molar-refractivity contribution < 1.29 is 14.5 Å². The van der Waals surface area contributed by atoms with E-state index in [-0.39, 0.29) is 11.3 Å². The first-order valence-corrected chi connectivity index (χ1v) is 8.67. The Kier molecular flexibility index (Phi) is 5.99. The second-order valence-corrected chi connectivity index (χ2v) is 6.12. The van der Waals surface area contributed by atoms with Crippen molar-refractivity contribution in [3.05, 3.63) is 69.8 Å². The molecular formula is C20H18N4O4. The van der Waals surface area contributed by atoms with Gasteiger partial charge in [-0.05, 0) is 48.0 Å². The Morgan fingerprint density at radius 1 is 1.14 bits per heavy atom. The molecule has 8 nitrogen and oxygen atoms in total. The topological polar surface area (TPSA) is 108 Å². The molecule has 0 aromatic heterocycles. The number of anilines is 2. The first-order chi connectivity index (χ1) is 13.6. The SMILES string of the molecule is N#C/C(=C\c1ccc([N+](=O)[O-])cc1)C(=O)Nc1ccc(N2CCOCC2)cc1. The molecule has 1 aliphatic heterocycles. The van der Waals surface area contributed by atoms with E-state index in [9.17, 15) is 20.2 Å². The number of nitriles is 1. The van der Waals surface area contributed by atoms with Crippen molar-refractivity contribution in [1.29, 1.82) is 5.26 Å². The number of amides is 1. The molecule has 3 rings (SSSR count). The lowest BCUT2D eigenvalue weighted by molar-refractivity contribution is -0.384. The van der Waals surface area contributed by atoms with Crippen LogP contribution in [0.2, 0.25) is 0 Å². The van der Waals surface area contributed by atoms with Crippen LogP contribution >= 0.6 is 0 Å². The molecule has 0 aliphatic carbocycles. The number of hydrogen-bond donors (Lipinski definition) is 1. The van der Waals surface area contributed by atoms with Crippen LogP contribution in [-0.2, 0) is 9.53 Å². The summed E-state index contributed by atoms with van der Waals surface area (Å²) in [5.74, 6) is -0.542. The second kappa shape index (κ2) is 8.79. The summed E-state index contributed by atoms with van der Waals surface area (Å²) in [5.41, 5.74) is 2.00. The molecule has 2 aromatic rings. The van der Waals surface area contributed by atoms with Crippen LogP contribution in [0.4, 0.5) is 17.1 Å². The molecule has 1 amide bonds. The minimum absolute atomic E-state index is 0.0551. The number of nitrogens with zero attached hydrogens (tertiary/aromatic N) is 3. The van der Waals surface area contributed by atoms with Gasteiger partial charge in [-0.2, -0.15) is 5.26 Å². The second-order valence-electron chi connectivity index (χ2n) is 6.12. The quantitative estimate of drug-likeness (QED) is 0.371. The predicted octanol–water partition coefficient (Wildman–Crippen LogP) is 2.98. The number of carbonyl (C=O) groups excluding carboxylic acids is 1. The minimum atomic E-state index is -0.542. The number of ether oxygens (including phenoxy) is 1. The normalized spacial score (nSPS) is 14.2. The molecule has 1 N–H and O–H groups in total. The predicted molar refractivity (Wildman–Crippen MR) is 105 cm³/mol. The zero-order valence-electron chi connectivity index (χ0n) is 15.0. The van der Waals surface area contributed by atoms with Gasteiger partial charge in [-0.25, -0.2) is 0 Å². The van der Waals surface area contributed by atoms with E-state index in [4.69, 9.17) is 4.74 Å². The Balaban J connectivity index is 1.68.